The Morgan fingerprint density at radius 2 is 2.00 bits per heavy atom. The van der Waals surface area contributed by atoms with Gasteiger partial charge in [0.05, 0.1) is 18.0 Å². The molecule has 1 aliphatic rings. The summed E-state index contributed by atoms with van der Waals surface area (Å²) >= 11 is 0. The zero-order valence-electron chi connectivity index (χ0n) is 16.7. The highest BCUT2D eigenvalue weighted by molar-refractivity contribution is 5.94. The molecule has 0 saturated carbocycles. The van der Waals surface area contributed by atoms with Crippen LogP contribution in [0.3, 0.4) is 0 Å². The maximum Gasteiger partial charge on any atom is 0.251 e. The maximum absolute atomic E-state index is 12.5. The Balaban J connectivity index is 1.28. The fraction of sp³-hybridized carbons (Fsp3) is 0.261. The minimum Gasteiger partial charge on any atom is -0.390 e. The lowest BCUT2D eigenvalue weighted by molar-refractivity contribution is 0.0842. The summed E-state index contributed by atoms with van der Waals surface area (Å²) in [5.74, 6) is 0.317. The van der Waals surface area contributed by atoms with Crippen molar-refractivity contribution in [2.75, 3.05) is 25.0 Å². The van der Waals surface area contributed by atoms with Gasteiger partial charge in [0.1, 0.15) is 5.82 Å². The van der Waals surface area contributed by atoms with E-state index >= 15 is 0 Å². The first-order chi connectivity index (χ1) is 14.7. The summed E-state index contributed by atoms with van der Waals surface area (Å²) in [6.07, 6.45) is 5.31. The molecule has 3 aromatic rings. The van der Waals surface area contributed by atoms with E-state index in [1.807, 2.05) is 18.2 Å². The largest absolute Gasteiger partial charge is 0.390 e. The molecule has 0 radical (unpaired) electrons. The number of hydrogen-bond donors (Lipinski definition) is 3. The molecule has 1 unspecified atom stereocenters. The van der Waals surface area contributed by atoms with Crippen LogP contribution >= 0.6 is 0 Å². The molecule has 1 aliphatic heterocycles. The van der Waals surface area contributed by atoms with Crippen molar-refractivity contribution in [2.24, 2.45) is 0 Å². The van der Waals surface area contributed by atoms with E-state index in [-0.39, 0.29) is 12.5 Å². The van der Waals surface area contributed by atoms with Crippen molar-refractivity contribution >= 4 is 17.4 Å². The van der Waals surface area contributed by atoms with Gasteiger partial charge in [-0.3, -0.25) is 14.7 Å². The van der Waals surface area contributed by atoms with Crippen molar-refractivity contribution in [1.29, 1.82) is 0 Å². The van der Waals surface area contributed by atoms with Gasteiger partial charge in [0, 0.05) is 44.1 Å². The fourth-order valence-corrected chi connectivity index (χ4v) is 3.61. The zero-order valence-corrected chi connectivity index (χ0v) is 16.7. The fourth-order valence-electron chi connectivity index (χ4n) is 3.61. The van der Waals surface area contributed by atoms with Crippen LogP contribution in [0.4, 0.5) is 11.5 Å². The van der Waals surface area contributed by atoms with E-state index in [0.29, 0.717) is 17.9 Å². The van der Waals surface area contributed by atoms with Gasteiger partial charge in [0.15, 0.2) is 0 Å². The quantitative estimate of drug-likeness (QED) is 0.561. The molecule has 0 spiro atoms. The number of aliphatic hydroxyl groups is 1. The maximum atomic E-state index is 12.5. The van der Waals surface area contributed by atoms with Gasteiger partial charge >= 0.3 is 0 Å². The highest BCUT2D eigenvalue weighted by Gasteiger charge is 2.19. The van der Waals surface area contributed by atoms with Crippen molar-refractivity contribution in [3.63, 3.8) is 0 Å². The summed E-state index contributed by atoms with van der Waals surface area (Å²) in [5.41, 5.74) is 3.96. The molecule has 0 saturated heterocycles. The molecule has 1 atom stereocenters. The first kappa shape index (κ1) is 20.0. The van der Waals surface area contributed by atoms with Crippen LogP contribution in [0.25, 0.3) is 0 Å². The molecule has 3 N–H and O–H groups in total. The molecule has 1 amide bonds. The third kappa shape index (κ3) is 5.20. The average molecular weight is 403 g/mol. The highest BCUT2D eigenvalue weighted by atomic mass is 16.3. The molecule has 0 bridgehead atoms. The van der Waals surface area contributed by atoms with Crippen molar-refractivity contribution in [3.8, 4) is 0 Å². The SMILES string of the molecule is O=C(NCC(O)CN1CCc2ccccc2C1)c1ccnc(Nc2cccnc2)c1. The Hall–Kier alpha value is -3.29. The number of nitrogens with one attached hydrogen (secondary N) is 2. The molecule has 0 fully saturated rings. The molecule has 0 aliphatic carbocycles. The van der Waals surface area contributed by atoms with Gasteiger partial charge < -0.3 is 15.7 Å². The van der Waals surface area contributed by atoms with Gasteiger partial charge in [0.2, 0.25) is 0 Å². The number of nitrogens with zero attached hydrogens (tertiary/aromatic N) is 3. The van der Waals surface area contributed by atoms with Crippen LogP contribution in [0.2, 0.25) is 0 Å². The minimum absolute atomic E-state index is 0.199. The highest BCUT2D eigenvalue weighted by Crippen LogP contribution is 2.18. The topological polar surface area (TPSA) is 90.4 Å². The number of hydrogen-bond acceptors (Lipinski definition) is 6. The van der Waals surface area contributed by atoms with Crippen molar-refractivity contribution in [2.45, 2.75) is 19.1 Å². The number of aliphatic hydroxyl groups excluding tert-OH is 1. The van der Waals surface area contributed by atoms with Crippen LogP contribution in [-0.4, -0.2) is 51.6 Å². The second-order valence-electron chi connectivity index (χ2n) is 7.41. The summed E-state index contributed by atoms with van der Waals surface area (Å²) in [7, 11) is 0. The molecule has 154 valence electrons. The van der Waals surface area contributed by atoms with Crippen LogP contribution in [0.1, 0.15) is 21.5 Å². The number of carbonyl (C=O) groups excluding carboxylic acids is 1. The first-order valence-corrected chi connectivity index (χ1v) is 10.1. The number of aromatic nitrogens is 2. The normalized spacial score (nSPS) is 14.6. The van der Waals surface area contributed by atoms with E-state index in [4.69, 9.17) is 0 Å². The van der Waals surface area contributed by atoms with Gasteiger partial charge in [-0.25, -0.2) is 4.98 Å². The van der Waals surface area contributed by atoms with Gasteiger partial charge in [0.25, 0.3) is 5.91 Å². The number of benzene rings is 1. The Bertz CT molecular complexity index is 996. The second-order valence-corrected chi connectivity index (χ2v) is 7.41. The van der Waals surface area contributed by atoms with E-state index in [1.54, 1.807) is 30.7 Å². The van der Waals surface area contributed by atoms with E-state index in [0.717, 1.165) is 25.2 Å². The minimum atomic E-state index is -0.631. The number of β-amino-alcohol motifs (C(OH)–C–C–N with tert-alkyl or cyclic N) is 1. The summed E-state index contributed by atoms with van der Waals surface area (Å²) < 4.78 is 0. The number of fused-ring (bicyclic) bond motifs is 1. The van der Waals surface area contributed by atoms with E-state index in [1.165, 1.54) is 11.1 Å². The molecular formula is C23H25N5O2. The molecule has 2 aromatic heterocycles. The number of rotatable bonds is 7. The lowest BCUT2D eigenvalue weighted by atomic mass is 10.00. The van der Waals surface area contributed by atoms with Crippen LogP contribution in [0.5, 0.6) is 0 Å². The van der Waals surface area contributed by atoms with Crippen molar-refractivity contribution < 1.29 is 9.90 Å². The molecule has 7 nitrogen and oxygen atoms in total. The van der Waals surface area contributed by atoms with E-state index < -0.39 is 6.10 Å². The third-order valence-corrected chi connectivity index (χ3v) is 5.13. The van der Waals surface area contributed by atoms with Gasteiger partial charge in [-0.2, -0.15) is 0 Å². The molecule has 4 rings (SSSR count). The average Bonchev–Trinajstić information content (AvgIpc) is 2.78. The monoisotopic (exact) mass is 403 g/mol. The zero-order chi connectivity index (χ0) is 20.8. The predicted octanol–water partition coefficient (Wildman–Crippen LogP) is 2.37. The molecule has 7 heteroatoms. The number of amides is 1. The predicted molar refractivity (Wildman–Crippen MR) is 116 cm³/mol. The molecular weight excluding hydrogens is 378 g/mol. The van der Waals surface area contributed by atoms with Gasteiger partial charge in [-0.1, -0.05) is 24.3 Å². The van der Waals surface area contributed by atoms with Gasteiger partial charge in [-0.15, -0.1) is 0 Å². The molecule has 3 heterocycles. The Morgan fingerprint density at radius 3 is 2.83 bits per heavy atom. The lowest BCUT2D eigenvalue weighted by Gasteiger charge is -2.30. The molecule has 30 heavy (non-hydrogen) atoms. The summed E-state index contributed by atoms with van der Waals surface area (Å²) in [5, 5.41) is 16.3. The Morgan fingerprint density at radius 1 is 1.13 bits per heavy atom. The Kier molecular flexibility index (Phi) is 6.32. The van der Waals surface area contributed by atoms with Crippen LogP contribution in [0.15, 0.2) is 67.1 Å². The summed E-state index contributed by atoms with van der Waals surface area (Å²) in [4.78, 5) is 23.0. The van der Waals surface area contributed by atoms with Gasteiger partial charge in [-0.05, 0) is 41.8 Å². The lowest BCUT2D eigenvalue weighted by Crippen LogP contribution is -2.42. The van der Waals surface area contributed by atoms with E-state index in [9.17, 15) is 9.90 Å². The number of pyridine rings is 2. The summed E-state index contributed by atoms with van der Waals surface area (Å²) in [6, 6.07) is 15.4. The standard InChI is InChI=1S/C23H25N5O2/c29-21(16-28-11-8-17-4-1-2-5-19(17)15-28)14-26-23(30)18-7-10-25-22(12-18)27-20-6-3-9-24-13-20/h1-7,9-10,12-13,21,29H,8,11,14-16H2,(H,25,27)(H,26,30). The van der Waals surface area contributed by atoms with Crippen LogP contribution < -0.4 is 10.6 Å². The summed E-state index contributed by atoms with van der Waals surface area (Å²) in [6.45, 7) is 2.47. The van der Waals surface area contributed by atoms with E-state index in [2.05, 4.69) is 43.7 Å². The first-order valence-electron chi connectivity index (χ1n) is 10.1. The molecule has 1 aromatic carbocycles. The Labute approximate surface area is 175 Å². The second kappa shape index (κ2) is 9.47. The smallest absolute Gasteiger partial charge is 0.251 e. The number of anilines is 2. The van der Waals surface area contributed by atoms with Crippen LogP contribution in [0, 0.1) is 0 Å². The van der Waals surface area contributed by atoms with Crippen LogP contribution in [-0.2, 0) is 13.0 Å². The third-order valence-electron chi connectivity index (χ3n) is 5.13. The number of carbonyl (C=O) groups is 1. The van der Waals surface area contributed by atoms with Crippen molar-refractivity contribution in [1.82, 2.24) is 20.2 Å². The van der Waals surface area contributed by atoms with Crippen molar-refractivity contribution in [3.05, 3.63) is 83.8 Å².